The number of piperidine rings is 1. The van der Waals surface area contributed by atoms with E-state index in [4.69, 9.17) is 9.47 Å². The number of rotatable bonds is 7. The number of likely N-dealkylation sites (tertiary alicyclic amines) is 1. The predicted octanol–water partition coefficient (Wildman–Crippen LogP) is 2.61. The van der Waals surface area contributed by atoms with E-state index in [1.165, 1.54) is 6.42 Å². The van der Waals surface area contributed by atoms with Crippen molar-refractivity contribution in [3.05, 3.63) is 22.2 Å². The first-order valence-corrected chi connectivity index (χ1v) is 8.84. The van der Waals surface area contributed by atoms with E-state index in [0.717, 1.165) is 60.4 Å². The summed E-state index contributed by atoms with van der Waals surface area (Å²) in [6, 6.07) is 3.88. The van der Waals surface area contributed by atoms with E-state index in [2.05, 4.69) is 21.2 Å². The molecule has 1 aliphatic heterocycles. The Kier molecular flexibility index (Phi) is 7.17. The molecule has 0 aliphatic carbocycles. The first-order valence-electron chi connectivity index (χ1n) is 8.04. The number of hydrogen-bond acceptors (Lipinski definition) is 4. The SMILES string of the molecule is COc1cc(CCNCC(=O)N2CCCCC2)c(OC)cc1Br. The highest BCUT2D eigenvalue weighted by Crippen LogP contribution is 2.32. The van der Waals surface area contributed by atoms with Gasteiger partial charge in [-0.2, -0.15) is 0 Å². The second-order valence-corrected chi connectivity index (χ2v) is 6.52. The van der Waals surface area contributed by atoms with Crippen LogP contribution in [-0.2, 0) is 11.2 Å². The van der Waals surface area contributed by atoms with Crippen molar-refractivity contribution in [1.82, 2.24) is 10.2 Å². The molecule has 0 atom stereocenters. The summed E-state index contributed by atoms with van der Waals surface area (Å²) in [6.07, 6.45) is 4.27. The molecular formula is C17H25BrN2O3. The molecule has 128 valence electrons. The van der Waals surface area contributed by atoms with Crippen molar-refractivity contribution in [2.75, 3.05) is 40.4 Å². The topological polar surface area (TPSA) is 50.8 Å². The van der Waals surface area contributed by atoms with Gasteiger partial charge in [-0.05, 0) is 65.9 Å². The van der Waals surface area contributed by atoms with Gasteiger partial charge < -0.3 is 19.7 Å². The van der Waals surface area contributed by atoms with Crippen LogP contribution in [-0.4, -0.2) is 51.2 Å². The number of amides is 1. The average molecular weight is 385 g/mol. The molecule has 1 N–H and O–H groups in total. The summed E-state index contributed by atoms with van der Waals surface area (Å²) in [7, 11) is 3.30. The molecule has 0 radical (unpaired) electrons. The van der Waals surface area contributed by atoms with Crippen LogP contribution in [0.5, 0.6) is 11.5 Å². The van der Waals surface area contributed by atoms with Crippen molar-refractivity contribution in [2.24, 2.45) is 0 Å². The molecular weight excluding hydrogens is 360 g/mol. The van der Waals surface area contributed by atoms with Crippen molar-refractivity contribution < 1.29 is 14.3 Å². The zero-order valence-corrected chi connectivity index (χ0v) is 15.4. The smallest absolute Gasteiger partial charge is 0.236 e. The van der Waals surface area contributed by atoms with Gasteiger partial charge in [0.25, 0.3) is 0 Å². The third-order valence-corrected chi connectivity index (χ3v) is 4.73. The van der Waals surface area contributed by atoms with Gasteiger partial charge in [0.05, 0.1) is 25.2 Å². The minimum absolute atomic E-state index is 0.199. The summed E-state index contributed by atoms with van der Waals surface area (Å²) in [5.41, 5.74) is 1.06. The van der Waals surface area contributed by atoms with Crippen LogP contribution in [0.15, 0.2) is 16.6 Å². The van der Waals surface area contributed by atoms with Gasteiger partial charge in [-0.15, -0.1) is 0 Å². The third-order valence-electron chi connectivity index (χ3n) is 4.11. The van der Waals surface area contributed by atoms with Crippen molar-refractivity contribution in [1.29, 1.82) is 0 Å². The third kappa shape index (κ3) is 5.11. The number of halogens is 1. The predicted molar refractivity (Wildman–Crippen MR) is 94.3 cm³/mol. The second kappa shape index (κ2) is 9.13. The van der Waals surface area contributed by atoms with Crippen molar-refractivity contribution in [3.8, 4) is 11.5 Å². The summed E-state index contributed by atoms with van der Waals surface area (Å²) in [5, 5.41) is 3.24. The number of carbonyl (C=O) groups excluding carboxylic acids is 1. The van der Waals surface area contributed by atoms with Crippen LogP contribution in [0, 0.1) is 0 Å². The molecule has 1 aromatic rings. The Balaban J connectivity index is 1.82. The van der Waals surface area contributed by atoms with Crippen LogP contribution in [0.3, 0.4) is 0 Å². The molecule has 1 aromatic carbocycles. The molecule has 0 unspecified atom stereocenters. The van der Waals surface area contributed by atoms with Crippen molar-refractivity contribution in [3.63, 3.8) is 0 Å². The standard InChI is InChI=1S/C17H25BrN2O3/c1-22-15-11-14(18)16(23-2)10-13(15)6-7-19-12-17(21)20-8-4-3-5-9-20/h10-11,19H,3-9,12H2,1-2H3. The van der Waals surface area contributed by atoms with Gasteiger partial charge in [-0.1, -0.05) is 0 Å². The van der Waals surface area contributed by atoms with Crippen molar-refractivity contribution in [2.45, 2.75) is 25.7 Å². The van der Waals surface area contributed by atoms with Crippen LogP contribution < -0.4 is 14.8 Å². The second-order valence-electron chi connectivity index (χ2n) is 5.67. The summed E-state index contributed by atoms with van der Waals surface area (Å²) in [5.74, 6) is 1.80. The molecule has 1 saturated heterocycles. The summed E-state index contributed by atoms with van der Waals surface area (Å²) in [4.78, 5) is 14.0. The zero-order chi connectivity index (χ0) is 16.7. The Labute approximate surface area is 146 Å². The number of benzene rings is 1. The van der Waals surface area contributed by atoms with E-state index in [1.54, 1.807) is 14.2 Å². The maximum Gasteiger partial charge on any atom is 0.236 e. The van der Waals surface area contributed by atoms with Crippen LogP contribution in [0.25, 0.3) is 0 Å². The molecule has 1 amide bonds. The molecule has 0 saturated carbocycles. The molecule has 0 spiro atoms. The Morgan fingerprint density at radius 3 is 2.52 bits per heavy atom. The quantitative estimate of drug-likeness (QED) is 0.734. The zero-order valence-electron chi connectivity index (χ0n) is 13.9. The lowest BCUT2D eigenvalue weighted by molar-refractivity contribution is -0.131. The Morgan fingerprint density at radius 1 is 1.17 bits per heavy atom. The number of methoxy groups -OCH3 is 2. The molecule has 5 nitrogen and oxygen atoms in total. The first-order chi connectivity index (χ1) is 11.2. The lowest BCUT2D eigenvalue weighted by atomic mass is 10.1. The lowest BCUT2D eigenvalue weighted by Gasteiger charge is -2.26. The van der Waals surface area contributed by atoms with E-state index in [0.29, 0.717) is 6.54 Å². The van der Waals surface area contributed by atoms with Crippen LogP contribution in [0.2, 0.25) is 0 Å². The highest BCUT2D eigenvalue weighted by Gasteiger charge is 2.16. The molecule has 2 rings (SSSR count). The maximum absolute atomic E-state index is 12.1. The normalized spacial score (nSPS) is 14.7. The molecule has 6 heteroatoms. The van der Waals surface area contributed by atoms with Gasteiger partial charge in [0.2, 0.25) is 5.91 Å². The van der Waals surface area contributed by atoms with Gasteiger partial charge in [0.15, 0.2) is 0 Å². The van der Waals surface area contributed by atoms with E-state index < -0.39 is 0 Å². The van der Waals surface area contributed by atoms with Crippen molar-refractivity contribution >= 4 is 21.8 Å². The summed E-state index contributed by atoms with van der Waals surface area (Å²) < 4.78 is 11.6. The first kappa shape index (κ1) is 18.1. The van der Waals surface area contributed by atoms with Crippen LogP contribution >= 0.6 is 15.9 Å². The minimum Gasteiger partial charge on any atom is -0.496 e. The average Bonchev–Trinajstić information content (AvgIpc) is 2.59. The fourth-order valence-corrected chi connectivity index (χ4v) is 3.28. The van der Waals surface area contributed by atoms with Gasteiger partial charge in [-0.25, -0.2) is 0 Å². The van der Waals surface area contributed by atoms with E-state index in [-0.39, 0.29) is 5.91 Å². The van der Waals surface area contributed by atoms with Gasteiger partial charge >= 0.3 is 0 Å². The van der Waals surface area contributed by atoms with Gasteiger partial charge in [0.1, 0.15) is 11.5 Å². The molecule has 1 aliphatic rings. The van der Waals surface area contributed by atoms with E-state index in [9.17, 15) is 4.79 Å². The molecule has 1 heterocycles. The Hall–Kier alpha value is -1.27. The molecule has 23 heavy (non-hydrogen) atoms. The summed E-state index contributed by atoms with van der Waals surface area (Å²) >= 11 is 3.46. The maximum atomic E-state index is 12.1. The monoisotopic (exact) mass is 384 g/mol. The van der Waals surface area contributed by atoms with Crippen LogP contribution in [0.1, 0.15) is 24.8 Å². The Morgan fingerprint density at radius 2 is 1.87 bits per heavy atom. The molecule has 1 fully saturated rings. The number of nitrogens with one attached hydrogen (secondary N) is 1. The molecule has 0 aromatic heterocycles. The van der Waals surface area contributed by atoms with E-state index >= 15 is 0 Å². The largest absolute Gasteiger partial charge is 0.496 e. The highest BCUT2D eigenvalue weighted by molar-refractivity contribution is 9.10. The highest BCUT2D eigenvalue weighted by atomic mass is 79.9. The van der Waals surface area contributed by atoms with Gasteiger partial charge in [-0.3, -0.25) is 4.79 Å². The minimum atomic E-state index is 0.199. The number of hydrogen-bond donors (Lipinski definition) is 1. The number of ether oxygens (including phenoxy) is 2. The fourth-order valence-electron chi connectivity index (χ4n) is 2.79. The number of carbonyl (C=O) groups is 1. The Bertz CT molecular complexity index is 531. The summed E-state index contributed by atoms with van der Waals surface area (Å²) in [6.45, 7) is 2.92. The lowest BCUT2D eigenvalue weighted by Crippen LogP contribution is -2.41. The van der Waals surface area contributed by atoms with E-state index in [1.807, 2.05) is 17.0 Å². The molecule has 0 bridgehead atoms. The van der Waals surface area contributed by atoms with Gasteiger partial charge in [0, 0.05) is 13.1 Å². The van der Waals surface area contributed by atoms with Crippen LogP contribution in [0.4, 0.5) is 0 Å². The number of nitrogens with zero attached hydrogens (tertiary/aromatic N) is 1. The fraction of sp³-hybridized carbons (Fsp3) is 0.588.